The molecule has 0 amide bonds. The molecular weight excluding hydrogens is 394 g/mol. The van der Waals surface area contributed by atoms with Gasteiger partial charge in [-0.05, 0) is 6.07 Å². The van der Waals surface area contributed by atoms with E-state index >= 15 is 0 Å². The third-order valence-electron chi connectivity index (χ3n) is 5.18. The van der Waals surface area contributed by atoms with Crippen LogP contribution in [0.2, 0.25) is 5.02 Å². The predicted octanol–water partition coefficient (Wildman–Crippen LogP) is 5.73. The molecule has 4 heteroatoms. The zero-order valence-electron chi connectivity index (χ0n) is 16.7. The minimum absolute atomic E-state index is 0.165. The first-order valence-corrected chi connectivity index (χ1v) is 11.1. The zero-order chi connectivity index (χ0) is 19.7. The van der Waals surface area contributed by atoms with Crippen molar-refractivity contribution in [3.63, 3.8) is 0 Å². The van der Waals surface area contributed by atoms with Crippen LogP contribution in [-0.2, 0) is 22.3 Å². The third-order valence-corrected chi connectivity index (χ3v) is 6.24. The van der Waals surface area contributed by atoms with Crippen molar-refractivity contribution >= 4 is 16.1 Å². The Morgan fingerprint density at radius 1 is 1.19 bits per heavy atom. The van der Waals surface area contributed by atoms with Gasteiger partial charge in [0, 0.05) is 0 Å². The second-order valence-corrected chi connectivity index (χ2v) is 9.35. The van der Waals surface area contributed by atoms with E-state index in [0.29, 0.717) is 10.4 Å². The summed E-state index contributed by atoms with van der Waals surface area (Å²) in [6.07, 6.45) is 9.86. The van der Waals surface area contributed by atoms with Crippen molar-refractivity contribution in [3.05, 3.63) is 28.8 Å². The monoisotopic (exact) mass is 425 g/mol. The Bertz CT molecular complexity index is 683. The van der Waals surface area contributed by atoms with E-state index in [1.165, 1.54) is 36.9 Å². The molecule has 27 heavy (non-hydrogen) atoms. The zero-order valence-corrected chi connectivity index (χ0v) is 18.7. The number of rotatable bonds is 9. The molecule has 148 valence electrons. The number of hydrogen-bond donors (Lipinski definition) is 1. The van der Waals surface area contributed by atoms with Crippen molar-refractivity contribution in [2.45, 2.75) is 71.6 Å². The molecule has 1 aliphatic rings. The third kappa shape index (κ3) is 8.01. The standard InChI is InChI=1S/C23H32ClNO.Cr/c1-23(2,16-19-25-17-9-10-18-25)15-8-6-4-3-5-7-12-20-13-11-14-21(26)22(20)24;/h11,13-14,26H,5-10,12,15-18H2,1-2H3;. The topological polar surface area (TPSA) is 23.5 Å². The van der Waals surface area contributed by atoms with Gasteiger partial charge in [-0.2, -0.15) is 0 Å². The van der Waals surface area contributed by atoms with E-state index in [0.717, 1.165) is 44.1 Å². The Morgan fingerprint density at radius 3 is 2.56 bits per heavy atom. The molecule has 1 aromatic carbocycles. The van der Waals surface area contributed by atoms with Crippen molar-refractivity contribution in [1.82, 2.24) is 4.90 Å². The second-order valence-electron chi connectivity index (χ2n) is 8.24. The van der Waals surface area contributed by atoms with E-state index in [9.17, 15) is 5.11 Å². The maximum atomic E-state index is 9.62. The molecule has 1 heterocycles. The molecule has 2 rings (SSSR count). The number of likely N-dealkylation sites (tertiary alicyclic amines) is 1. The van der Waals surface area contributed by atoms with Gasteiger partial charge >= 0.3 is 133 Å². The normalized spacial score (nSPS) is 14.8. The van der Waals surface area contributed by atoms with Crippen LogP contribution in [-0.4, -0.2) is 27.6 Å². The number of unbranched alkanes of at least 4 members (excludes halogenated alkanes) is 2. The van der Waals surface area contributed by atoms with Crippen LogP contribution in [0.5, 0.6) is 5.75 Å². The molecule has 0 bridgehead atoms. The number of benzene rings is 1. The van der Waals surface area contributed by atoms with Gasteiger partial charge < -0.3 is 5.11 Å². The van der Waals surface area contributed by atoms with Crippen molar-refractivity contribution in [3.8, 4) is 17.6 Å². The van der Waals surface area contributed by atoms with E-state index in [2.05, 4.69) is 46.4 Å². The van der Waals surface area contributed by atoms with E-state index < -0.39 is 0 Å². The van der Waals surface area contributed by atoms with Crippen LogP contribution in [0.15, 0.2) is 18.2 Å². The number of aryl methyl sites for hydroxylation is 1. The SMILES string of the molecule is CC(C)(CCCC#CCCCc1cccc(O)c1Cl)C[C](=[Cr])N1CCCC1. The van der Waals surface area contributed by atoms with E-state index in [1.807, 2.05) is 12.1 Å². The fourth-order valence-corrected chi connectivity index (χ4v) is 4.65. The van der Waals surface area contributed by atoms with E-state index in [1.54, 1.807) is 6.07 Å². The van der Waals surface area contributed by atoms with Crippen LogP contribution in [0.3, 0.4) is 0 Å². The average Bonchev–Trinajstić information content (AvgIpc) is 3.15. The Balaban J connectivity index is 1.60. The molecule has 1 N–H and O–H groups in total. The van der Waals surface area contributed by atoms with E-state index in [4.69, 9.17) is 11.6 Å². The van der Waals surface area contributed by atoms with E-state index in [-0.39, 0.29) is 5.75 Å². The maximum absolute atomic E-state index is 9.62. The first-order chi connectivity index (χ1) is 12.9. The van der Waals surface area contributed by atoms with Crippen molar-refractivity contribution < 1.29 is 21.0 Å². The van der Waals surface area contributed by atoms with Crippen LogP contribution in [0.25, 0.3) is 0 Å². The van der Waals surface area contributed by atoms with Gasteiger partial charge in [0.1, 0.15) is 5.75 Å². The van der Waals surface area contributed by atoms with Crippen molar-refractivity contribution in [2.24, 2.45) is 5.41 Å². The molecule has 1 fully saturated rings. The molecular formula is C23H32ClCrNO. The van der Waals surface area contributed by atoms with Gasteiger partial charge in [-0.25, -0.2) is 0 Å². The molecule has 0 radical (unpaired) electrons. The van der Waals surface area contributed by atoms with Crippen molar-refractivity contribution in [1.29, 1.82) is 0 Å². The summed E-state index contributed by atoms with van der Waals surface area (Å²) in [5.41, 5.74) is 1.33. The quantitative estimate of drug-likeness (QED) is 0.403. The van der Waals surface area contributed by atoms with Crippen LogP contribution in [0.1, 0.15) is 70.8 Å². The molecule has 1 aliphatic heterocycles. The molecule has 1 saturated heterocycles. The minimum atomic E-state index is 0.165. The molecule has 0 aliphatic carbocycles. The first-order valence-electron chi connectivity index (χ1n) is 10.1. The Kier molecular flexibility index (Phi) is 9.41. The first kappa shape index (κ1) is 22.5. The Hall–Kier alpha value is -0.768. The fourth-order valence-electron chi connectivity index (χ4n) is 3.53. The van der Waals surface area contributed by atoms with Gasteiger partial charge in [-0.3, -0.25) is 0 Å². The summed E-state index contributed by atoms with van der Waals surface area (Å²) in [7, 11) is 0. The number of halogens is 1. The molecule has 0 spiro atoms. The Morgan fingerprint density at radius 2 is 1.85 bits per heavy atom. The van der Waals surface area contributed by atoms with Crippen LogP contribution >= 0.6 is 11.6 Å². The number of hydrogen-bond acceptors (Lipinski definition) is 2. The summed E-state index contributed by atoms with van der Waals surface area (Å²) < 4.78 is 1.44. The number of nitrogens with zero attached hydrogens (tertiary/aromatic N) is 1. The Labute approximate surface area is 178 Å². The number of aromatic hydroxyl groups is 1. The van der Waals surface area contributed by atoms with Gasteiger partial charge in [0.25, 0.3) is 0 Å². The average molecular weight is 426 g/mol. The summed E-state index contributed by atoms with van der Waals surface area (Å²) in [5, 5.41) is 10.1. The number of phenolic OH excluding ortho intramolecular Hbond substituents is 1. The van der Waals surface area contributed by atoms with Gasteiger partial charge in [-0.1, -0.05) is 23.7 Å². The van der Waals surface area contributed by atoms with Gasteiger partial charge in [0.2, 0.25) is 0 Å². The number of phenols is 1. The summed E-state index contributed by atoms with van der Waals surface area (Å²) in [5.74, 6) is 6.77. The van der Waals surface area contributed by atoms with Gasteiger partial charge in [0.05, 0.1) is 5.02 Å². The van der Waals surface area contributed by atoms with Gasteiger partial charge in [-0.15, -0.1) is 0 Å². The molecule has 0 saturated carbocycles. The molecule has 1 aromatic rings. The van der Waals surface area contributed by atoms with Crippen LogP contribution in [0, 0.1) is 17.3 Å². The van der Waals surface area contributed by atoms with Crippen molar-refractivity contribution in [2.75, 3.05) is 13.1 Å². The fraction of sp³-hybridized carbons (Fsp3) is 0.609. The van der Waals surface area contributed by atoms with Gasteiger partial charge in [0.15, 0.2) is 0 Å². The molecule has 0 aromatic heterocycles. The second kappa shape index (κ2) is 11.3. The van der Waals surface area contributed by atoms with Crippen LogP contribution in [0.4, 0.5) is 0 Å². The predicted molar refractivity (Wildman–Crippen MR) is 112 cm³/mol. The summed E-state index contributed by atoms with van der Waals surface area (Å²) in [6, 6.07) is 5.43. The van der Waals surface area contributed by atoms with Crippen LogP contribution < -0.4 is 0 Å². The summed E-state index contributed by atoms with van der Waals surface area (Å²) >= 11 is 9.41. The molecule has 0 unspecified atom stereocenters. The summed E-state index contributed by atoms with van der Waals surface area (Å²) in [4.78, 5) is 2.51. The summed E-state index contributed by atoms with van der Waals surface area (Å²) in [6.45, 7) is 7.18. The molecule has 0 atom stereocenters. The molecule has 2 nitrogen and oxygen atoms in total.